The third-order valence-electron chi connectivity index (χ3n) is 3.43. The van der Waals surface area contributed by atoms with Crippen LogP contribution in [0.5, 0.6) is 0 Å². The molecule has 1 aromatic carbocycles. The summed E-state index contributed by atoms with van der Waals surface area (Å²) in [6.45, 7) is 1.25. The summed E-state index contributed by atoms with van der Waals surface area (Å²) >= 11 is 3.53. The molecule has 5 nitrogen and oxygen atoms in total. The van der Waals surface area contributed by atoms with E-state index in [0.717, 1.165) is 15.9 Å². The first-order valence-corrected chi connectivity index (χ1v) is 7.39. The fraction of sp³-hybridized carbons (Fsp3) is 0.200. The molecule has 0 spiro atoms. The van der Waals surface area contributed by atoms with E-state index in [1.54, 1.807) is 0 Å². The Kier molecular flexibility index (Phi) is 3.67. The maximum absolute atomic E-state index is 12.2. The molecule has 0 radical (unpaired) electrons. The molecule has 1 aromatic heterocycles. The van der Waals surface area contributed by atoms with Crippen molar-refractivity contribution in [2.24, 2.45) is 0 Å². The van der Waals surface area contributed by atoms with Crippen molar-refractivity contribution in [1.82, 2.24) is 9.88 Å². The Hall–Kier alpha value is -2.26. The molecule has 6 heteroatoms. The number of rotatable bonds is 3. The Balaban J connectivity index is 2.11. The number of amides is 1. The van der Waals surface area contributed by atoms with Crippen LogP contribution in [0, 0.1) is 11.3 Å². The van der Waals surface area contributed by atoms with E-state index in [4.69, 9.17) is 5.26 Å². The smallest absolute Gasteiger partial charge is 0.270 e. The Morgan fingerprint density at radius 2 is 2.14 bits per heavy atom. The number of anilines is 2. The van der Waals surface area contributed by atoms with Gasteiger partial charge < -0.3 is 15.2 Å². The van der Waals surface area contributed by atoms with Gasteiger partial charge in [0.2, 0.25) is 0 Å². The van der Waals surface area contributed by atoms with Gasteiger partial charge in [-0.1, -0.05) is 18.2 Å². The summed E-state index contributed by atoms with van der Waals surface area (Å²) in [5.41, 5.74) is 3.01. The number of hydrogen-bond acceptors (Lipinski definition) is 3. The van der Waals surface area contributed by atoms with Crippen LogP contribution in [0.15, 0.2) is 34.8 Å². The Bertz CT molecular complexity index is 730. The molecular formula is C15H13BrN4O. The van der Waals surface area contributed by atoms with Gasteiger partial charge in [0.25, 0.3) is 5.91 Å². The van der Waals surface area contributed by atoms with E-state index in [1.807, 2.05) is 34.9 Å². The zero-order valence-corrected chi connectivity index (χ0v) is 12.8. The fourth-order valence-corrected chi connectivity index (χ4v) is 3.15. The van der Waals surface area contributed by atoms with E-state index in [0.29, 0.717) is 24.5 Å². The molecule has 1 aliphatic heterocycles. The Labute approximate surface area is 130 Å². The molecule has 1 amide bonds. The molecule has 0 fully saturated rings. The van der Waals surface area contributed by atoms with Crippen LogP contribution in [0.4, 0.5) is 11.4 Å². The van der Waals surface area contributed by atoms with Crippen molar-refractivity contribution in [1.29, 1.82) is 5.26 Å². The number of halogens is 1. The summed E-state index contributed by atoms with van der Waals surface area (Å²) in [5.74, 6) is -0.121. The molecule has 0 unspecified atom stereocenters. The zero-order valence-electron chi connectivity index (χ0n) is 11.2. The van der Waals surface area contributed by atoms with Gasteiger partial charge in [0.1, 0.15) is 5.69 Å². The first-order valence-electron chi connectivity index (χ1n) is 6.60. The number of carbonyl (C=O) groups excluding carboxylic acids is 1. The van der Waals surface area contributed by atoms with E-state index in [2.05, 4.69) is 32.6 Å². The minimum atomic E-state index is -0.121. The number of carbonyl (C=O) groups is 1. The Morgan fingerprint density at radius 3 is 2.86 bits per heavy atom. The largest absolute Gasteiger partial charge is 0.353 e. The summed E-state index contributed by atoms with van der Waals surface area (Å²) in [5, 5.41) is 15.1. The fourth-order valence-electron chi connectivity index (χ4n) is 2.51. The van der Waals surface area contributed by atoms with E-state index >= 15 is 0 Å². The summed E-state index contributed by atoms with van der Waals surface area (Å²) in [6, 6.07) is 11.8. The van der Waals surface area contributed by atoms with Crippen molar-refractivity contribution < 1.29 is 4.79 Å². The number of hydrogen-bond donors (Lipinski definition) is 2. The molecule has 0 saturated heterocycles. The van der Waals surface area contributed by atoms with Crippen LogP contribution in [-0.4, -0.2) is 17.0 Å². The number of nitrogens with zero attached hydrogens (tertiary/aromatic N) is 2. The number of fused-ring (bicyclic) bond motifs is 1. The molecule has 106 valence electrons. The van der Waals surface area contributed by atoms with Crippen LogP contribution >= 0.6 is 15.9 Å². The van der Waals surface area contributed by atoms with Gasteiger partial charge in [-0.2, -0.15) is 5.26 Å². The van der Waals surface area contributed by atoms with Crippen molar-refractivity contribution in [3.05, 3.63) is 46.2 Å². The first kappa shape index (κ1) is 13.7. The van der Waals surface area contributed by atoms with Crippen molar-refractivity contribution in [2.75, 3.05) is 11.9 Å². The Morgan fingerprint density at radius 1 is 1.38 bits per heavy atom. The van der Waals surface area contributed by atoms with Gasteiger partial charge >= 0.3 is 0 Å². The summed E-state index contributed by atoms with van der Waals surface area (Å²) in [7, 11) is 0. The number of nitrogens with one attached hydrogen (secondary N) is 2. The minimum Gasteiger partial charge on any atom is -0.353 e. The maximum Gasteiger partial charge on any atom is 0.270 e. The SMILES string of the molecule is N#CCc1c(Br)c(Nc2ccccc2)c2n1CCNC2=O. The molecular weight excluding hydrogens is 332 g/mol. The summed E-state index contributed by atoms with van der Waals surface area (Å²) < 4.78 is 2.69. The van der Waals surface area contributed by atoms with E-state index in [9.17, 15) is 4.79 Å². The molecule has 1 aliphatic rings. The highest BCUT2D eigenvalue weighted by molar-refractivity contribution is 9.10. The molecule has 2 heterocycles. The van der Waals surface area contributed by atoms with Gasteiger partial charge in [0.05, 0.1) is 22.7 Å². The number of nitriles is 1. The minimum absolute atomic E-state index is 0.121. The third-order valence-corrected chi connectivity index (χ3v) is 4.29. The number of benzene rings is 1. The maximum atomic E-state index is 12.2. The third kappa shape index (κ3) is 2.41. The first-order chi connectivity index (χ1) is 10.2. The zero-order chi connectivity index (χ0) is 14.8. The monoisotopic (exact) mass is 344 g/mol. The predicted octanol–water partition coefficient (Wildman–Crippen LogP) is 2.80. The number of aromatic nitrogens is 1. The standard InChI is InChI=1S/C15H13BrN4O/c16-12-11(6-7-17)20-9-8-18-15(21)14(20)13(12)19-10-4-2-1-3-5-10/h1-5,19H,6,8-9H2,(H,18,21). The lowest BCUT2D eigenvalue weighted by Crippen LogP contribution is -2.36. The molecule has 3 rings (SSSR count). The lowest BCUT2D eigenvalue weighted by Gasteiger charge is -2.18. The predicted molar refractivity (Wildman–Crippen MR) is 83.5 cm³/mol. The van der Waals surface area contributed by atoms with E-state index < -0.39 is 0 Å². The van der Waals surface area contributed by atoms with E-state index in [1.165, 1.54) is 0 Å². The topological polar surface area (TPSA) is 69.8 Å². The van der Waals surface area contributed by atoms with Crippen molar-refractivity contribution in [3.63, 3.8) is 0 Å². The van der Waals surface area contributed by atoms with Gasteiger partial charge in [0, 0.05) is 24.5 Å². The molecule has 2 N–H and O–H groups in total. The van der Waals surface area contributed by atoms with Crippen LogP contribution in [0.25, 0.3) is 0 Å². The van der Waals surface area contributed by atoms with Gasteiger partial charge in [0.15, 0.2) is 0 Å². The second-order valence-electron chi connectivity index (χ2n) is 4.72. The second kappa shape index (κ2) is 5.62. The molecule has 21 heavy (non-hydrogen) atoms. The molecule has 0 bridgehead atoms. The lowest BCUT2D eigenvalue weighted by atomic mass is 10.2. The van der Waals surface area contributed by atoms with Gasteiger partial charge in [-0.15, -0.1) is 0 Å². The van der Waals surface area contributed by atoms with Crippen LogP contribution in [-0.2, 0) is 13.0 Å². The average Bonchev–Trinajstić information content (AvgIpc) is 2.76. The van der Waals surface area contributed by atoms with Crippen molar-refractivity contribution >= 4 is 33.2 Å². The normalized spacial score (nSPS) is 13.2. The van der Waals surface area contributed by atoms with Crippen LogP contribution in [0.1, 0.15) is 16.2 Å². The van der Waals surface area contributed by atoms with E-state index in [-0.39, 0.29) is 12.3 Å². The summed E-state index contributed by atoms with van der Waals surface area (Å²) in [6.07, 6.45) is 0.261. The van der Waals surface area contributed by atoms with Crippen molar-refractivity contribution in [3.8, 4) is 6.07 Å². The van der Waals surface area contributed by atoms with Gasteiger partial charge in [-0.05, 0) is 28.1 Å². The summed E-state index contributed by atoms with van der Waals surface area (Å²) in [4.78, 5) is 12.2. The molecule has 2 aromatic rings. The number of para-hydroxylation sites is 1. The molecule has 0 atom stereocenters. The lowest BCUT2D eigenvalue weighted by molar-refractivity contribution is 0.0928. The van der Waals surface area contributed by atoms with Gasteiger partial charge in [-0.3, -0.25) is 4.79 Å². The highest BCUT2D eigenvalue weighted by atomic mass is 79.9. The van der Waals surface area contributed by atoms with Crippen LogP contribution in [0.3, 0.4) is 0 Å². The molecule has 0 saturated carbocycles. The van der Waals surface area contributed by atoms with Crippen LogP contribution in [0.2, 0.25) is 0 Å². The highest BCUT2D eigenvalue weighted by Gasteiger charge is 2.28. The van der Waals surface area contributed by atoms with Gasteiger partial charge in [-0.25, -0.2) is 0 Å². The van der Waals surface area contributed by atoms with Crippen LogP contribution < -0.4 is 10.6 Å². The quantitative estimate of drug-likeness (QED) is 0.899. The second-order valence-corrected chi connectivity index (χ2v) is 5.51. The highest BCUT2D eigenvalue weighted by Crippen LogP contribution is 2.36. The average molecular weight is 345 g/mol. The molecule has 0 aliphatic carbocycles. The van der Waals surface area contributed by atoms with Crippen molar-refractivity contribution in [2.45, 2.75) is 13.0 Å².